The molecule has 0 amide bonds. The topological polar surface area (TPSA) is 20.2 Å². The predicted molar refractivity (Wildman–Crippen MR) is 88.8 cm³/mol. The van der Waals surface area contributed by atoms with Crippen molar-refractivity contribution in [3.63, 3.8) is 0 Å². The standard InChI is InChI=1S/C19H34O/c1-16(2,3)13-11-19(10,18(7,8)9)12-14(15(13)20)17(4,5)6/h11,20H,12H2,1-10H3. The molecule has 116 valence electrons. The second kappa shape index (κ2) is 4.64. The molecule has 20 heavy (non-hydrogen) atoms. The van der Waals surface area contributed by atoms with Crippen molar-refractivity contribution in [3.05, 3.63) is 23.0 Å². The summed E-state index contributed by atoms with van der Waals surface area (Å²) in [5.74, 6) is 0.534. The van der Waals surface area contributed by atoms with Crippen molar-refractivity contribution in [1.29, 1.82) is 0 Å². The van der Waals surface area contributed by atoms with Gasteiger partial charge in [0.2, 0.25) is 0 Å². The van der Waals surface area contributed by atoms with E-state index in [4.69, 9.17) is 0 Å². The Labute approximate surface area is 126 Å². The molecular weight excluding hydrogens is 244 g/mol. The molecule has 0 fully saturated rings. The van der Waals surface area contributed by atoms with Gasteiger partial charge in [0.05, 0.1) is 0 Å². The molecule has 0 aliphatic heterocycles. The molecule has 0 heterocycles. The minimum atomic E-state index is -0.0342. The number of allylic oxidation sites excluding steroid dienone is 3. The molecule has 1 aliphatic rings. The summed E-state index contributed by atoms with van der Waals surface area (Å²) in [7, 11) is 0. The van der Waals surface area contributed by atoms with Gasteiger partial charge in [-0.1, -0.05) is 75.3 Å². The molecule has 0 saturated carbocycles. The van der Waals surface area contributed by atoms with Crippen molar-refractivity contribution < 1.29 is 5.11 Å². The fraction of sp³-hybridized carbons (Fsp3) is 0.789. The summed E-state index contributed by atoms with van der Waals surface area (Å²) < 4.78 is 0. The van der Waals surface area contributed by atoms with Crippen LogP contribution in [0.4, 0.5) is 0 Å². The molecule has 1 N–H and O–H groups in total. The van der Waals surface area contributed by atoms with Crippen molar-refractivity contribution >= 4 is 0 Å². The fourth-order valence-electron chi connectivity index (χ4n) is 2.73. The van der Waals surface area contributed by atoms with E-state index >= 15 is 0 Å². The molecule has 1 aliphatic carbocycles. The minimum Gasteiger partial charge on any atom is -0.508 e. The van der Waals surface area contributed by atoms with E-state index in [1.165, 1.54) is 5.57 Å². The normalized spacial score (nSPS) is 25.8. The van der Waals surface area contributed by atoms with Crippen LogP contribution < -0.4 is 0 Å². The van der Waals surface area contributed by atoms with Crippen LogP contribution in [0.2, 0.25) is 0 Å². The monoisotopic (exact) mass is 278 g/mol. The van der Waals surface area contributed by atoms with Gasteiger partial charge in [0.15, 0.2) is 0 Å². The van der Waals surface area contributed by atoms with E-state index < -0.39 is 0 Å². The van der Waals surface area contributed by atoms with E-state index in [0.29, 0.717) is 5.76 Å². The molecule has 0 aromatic rings. The van der Waals surface area contributed by atoms with Gasteiger partial charge >= 0.3 is 0 Å². The first kappa shape index (κ1) is 17.3. The van der Waals surface area contributed by atoms with Gasteiger partial charge in [-0.25, -0.2) is 0 Å². The van der Waals surface area contributed by atoms with E-state index in [1.807, 2.05) is 0 Å². The van der Waals surface area contributed by atoms with Crippen molar-refractivity contribution in [2.24, 2.45) is 21.7 Å². The van der Waals surface area contributed by atoms with Gasteiger partial charge in [-0.15, -0.1) is 0 Å². The zero-order valence-electron chi connectivity index (χ0n) is 15.2. The third kappa shape index (κ3) is 3.13. The van der Waals surface area contributed by atoms with Gasteiger partial charge in [0.1, 0.15) is 5.76 Å². The molecule has 0 radical (unpaired) electrons. The van der Waals surface area contributed by atoms with E-state index in [1.54, 1.807) is 0 Å². The maximum absolute atomic E-state index is 10.8. The maximum Gasteiger partial charge on any atom is 0.118 e. The van der Waals surface area contributed by atoms with E-state index in [2.05, 4.69) is 75.3 Å². The highest BCUT2D eigenvalue weighted by molar-refractivity contribution is 5.42. The predicted octanol–water partition coefficient (Wildman–Crippen LogP) is 6.27. The third-order valence-electron chi connectivity index (χ3n) is 4.97. The van der Waals surface area contributed by atoms with Crippen LogP contribution >= 0.6 is 0 Å². The fourth-order valence-corrected chi connectivity index (χ4v) is 2.73. The lowest BCUT2D eigenvalue weighted by molar-refractivity contribution is 0.145. The van der Waals surface area contributed by atoms with Gasteiger partial charge in [-0.2, -0.15) is 0 Å². The molecule has 1 atom stereocenters. The molecule has 0 aromatic heterocycles. The van der Waals surface area contributed by atoms with Crippen LogP contribution in [-0.2, 0) is 0 Å². The van der Waals surface area contributed by atoms with Crippen LogP contribution in [0.25, 0.3) is 0 Å². The maximum atomic E-state index is 10.8. The Morgan fingerprint density at radius 3 is 1.65 bits per heavy atom. The van der Waals surface area contributed by atoms with Crippen LogP contribution in [0.3, 0.4) is 0 Å². The van der Waals surface area contributed by atoms with E-state index in [9.17, 15) is 5.11 Å². The van der Waals surface area contributed by atoms with Crippen LogP contribution in [0.1, 0.15) is 75.7 Å². The van der Waals surface area contributed by atoms with Crippen LogP contribution in [0, 0.1) is 21.7 Å². The van der Waals surface area contributed by atoms with Crippen LogP contribution in [0.5, 0.6) is 0 Å². The SMILES string of the molecule is CC(C)(C)C1=CC(C)(C(C)(C)C)CC(C(C)(C)C)=C1O. The summed E-state index contributed by atoms with van der Waals surface area (Å²) in [6.45, 7) is 22.4. The van der Waals surface area contributed by atoms with Gasteiger partial charge in [-0.05, 0) is 39.2 Å². The van der Waals surface area contributed by atoms with Gasteiger partial charge < -0.3 is 5.11 Å². The van der Waals surface area contributed by atoms with Crippen LogP contribution in [0.15, 0.2) is 23.0 Å². The second-order valence-electron chi connectivity index (χ2n) is 9.73. The number of aliphatic hydroxyl groups excluding tert-OH is 1. The smallest absolute Gasteiger partial charge is 0.118 e. The van der Waals surface area contributed by atoms with Crippen molar-refractivity contribution in [1.82, 2.24) is 0 Å². The summed E-state index contributed by atoms with van der Waals surface area (Å²) in [6, 6.07) is 0. The summed E-state index contributed by atoms with van der Waals surface area (Å²) in [6.07, 6.45) is 3.27. The molecular formula is C19H34O. The molecule has 1 nitrogen and oxygen atoms in total. The highest BCUT2D eigenvalue weighted by Crippen LogP contribution is 2.54. The lowest BCUT2D eigenvalue weighted by Gasteiger charge is -2.47. The van der Waals surface area contributed by atoms with Crippen molar-refractivity contribution in [2.75, 3.05) is 0 Å². The molecule has 0 bridgehead atoms. The largest absolute Gasteiger partial charge is 0.508 e. The summed E-state index contributed by atoms with van der Waals surface area (Å²) in [5, 5.41) is 10.8. The number of hydrogen-bond acceptors (Lipinski definition) is 1. The molecule has 0 spiro atoms. The molecule has 1 unspecified atom stereocenters. The van der Waals surface area contributed by atoms with Crippen molar-refractivity contribution in [2.45, 2.75) is 75.7 Å². The Kier molecular flexibility index (Phi) is 4.03. The highest BCUT2D eigenvalue weighted by Gasteiger charge is 2.44. The van der Waals surface area contributed by atoms with Gasteiger partial charge in [0, 0.05) is 0 Å². The summed E-state index contributed by atoms with van der Waals surface area (Å²) in [5.41, 5.74) is 2.51. The quantitative estimate of drug-likeness (QED) is 0.553. The Morgan fingerprint density at radius 1 is 0.900 bits per heavy atom. The second-order valence-corrected chi connectivity index (χ2v) is 9.73. The number of rotatable bonds is 0. The Bertz CT molecular complexity index is 444. The molecule has 1 rings (SSSR count). The van der Waals surface area contributed by atoms with Gasteiger partial charge in [0.25, 0.3) is 0 Å². The lowest BCUT2D eigenvalue weighted by atomic mass is 9.58. The zero-order chi connectivity index (χ0) is 16.1. The third-order valence-corrected chi connectivity index (χ3v) is 4.97. The van der Waals surface area contributed by atoms with Gasteiger partial charge in [-0.3, -0.25) is 0 Å². The van der Waals surface area contributed by atoms with Crippen molar-refractivity contribution in [3.8, 4) is 0 Å². The van der Waals surface area contributed by atoms with Crippen LogP contribution in [-0.4, -0.2) is 5.11 Å². The lowest BCUT2D eigenvalue weighted by Crippen LogP contribution is -2.37. The number of hydrogen-bond donors (Lipinski definition) is 1. The average molecular weight is 278 g/mol. The van der Waals surface area contributed by atoms with E-state index in [-0.39, 0.29) is 21.7 Å². The molecule has 0 saturated heterocycles. The Hall–Kier alpha value is -0.720. The Balaban J connectivity index is 3.55. The highest BCUT2D eigenvalue weighted by atomic mass is 16.3. The zero-order valence-corrected chi connectivity index (χ0v) is 15.2. The average Bonchev–Trinajstić information content (AvgIpc) is 2.16. The summed E-state index contributed by atoms with van der Waals surface area (Å²) >= 11 is 0. The molecule has 0 aromatic carbocycles. The first-order chi connectivity index (χ1) is 8.59. The molecule has 1 heteroatoms. The Morgan fingerprint density at radius 2 is 1.35 bits per heavy atom. The number of aliphatic hydroxyl groups is 1. The first-order valence-electron chi connectivity index (χ1n) is 7.76. The first-order valence-corrected chi connectivity index (χ1v) is 7.76. The summed E-state index contributed by atoms with van der Waals surface area (Å²) in [4.78, 5) is 0. The van der Waals surface area contributed by atoms with E-state index in [0.717, 1.165) is 12.0 Å². The minimum absolute atomic E-state index is 0.00134.